The van der Waals surface area contributed by atoms with E-state index in [1.165, 1.54) is 4.90 Å². The van der Waals surface area contributed by atoms with Gasteiger partial charge in [0.2, 0.25) is 0 Å². The third-order valence-electron chi connectivity index (χ3n) is 2.81. The van der Waals surface area contributed by atoms with Crippen LogP contribution in [0.5, 0.6) is 0 Å². The summed E-state index contributed by atoms with van der Waals surface area (Å²) in [4.78, 5) is 23.5. The number of hydrogen-bond acceptors (Lipinski definition) is 3. The molecule has 0 radical (unpaired) electrons. The molecule has 0 aliphatic carbocycles. The van der Waals surface area contributed by atoms with Crippen LogP contribution in [0.15, 0.2) is 18.2 Å². The molecule has 1 aromatic rings. The summed E-state index contributed by atoms with van der Waals surface area (Å²) in [5.74, 6) is -1.28. The van der Waals surface area contributed by atoms with Gasteiger partial charge in [-0.15, -0.1) is 0 Å². The van der Waals surface area contributed by atoms with Gasteiger partial charge in [-0.25, -0.2) is 4.39 Å². The largest absolute Gasteiger partial charge is 0.337 e. The van der Waals surface area contributed by atoms with Crippen molar-refractivity contribution in [2.45, 2.75) is 11.2 Å². The van der Waals surface area contributed by atoms with E-state index in [0.29, 0.717) is 13.1 Å². The Morgan fingerprint density at radius 3 is 2.78 bits per heavy atom. The van der Waals surface area contributed by atoms with Gasteiger partial charge in [0, 0.05) is 24.0 Å². The normalized spacial score (nSPS) is 19.0. The van der Waals surface area contributed by atoms with Gasteiger partial charge in [0.15, 0.2) is 0 Å². The fourth-order valence-corrected chi connectivity index (χ4v) is 2.42. The van der Waals surface area contributed by atoms with E-state index in [4.69, 9.17) is 0 Å². The first-order chi connectivity index (χ1) is 8.49. The van der Waals surface area contributed by atoms with Crippen LogP contribution in [0.4, 0.5) is 10.1 Å². The molecule has 1 atom stereocenters. The molecule has 0 bridgehead atoms. The fourth-order valence-electron chi connectivity index (χ4n) is 1.86. The fraction of sp³-hybridized carbons (Fsp3) is 0.364. The van der Waals surface area contributed by atoms with Crippen LogP contribution in [0.2, 0.25) is 0 Å². The van der Waals surface area contributed by atoms with Crippen LogP contribution in [0.25, 0.3) is 0 Å². The molecule has 2 rings (SSSR count). The second-order valence-electron chi connectivity index (χ2n) is 4.06. The molecular weight excluding hydrogens is 307 g/mol. The summed E-state index contributed by atoms with van der Waals surface area (Å²) >= 11 is 3.39. The standard InChI is InChI=1S/C11H10BrFN2O3/c12-7-3-4-14(6-7)11(16)9-2-1-8(15(17)18)5-10(9)13/h1-2,5,7H,3-4,6H2. The Balaban J connectivity index is 2.23. The maximum Gasteiger partial charge on any atom is 0.272 e. The first-order valence-electron chi connectivity index (χ1n) is 5.36. The molecule has 0 N–H and O–H groups in total. The minimum atomic E-state index is -0.854. The molecule has 1 aromatic carbocycles. The molecule has 5 nitrogen and oxygen atoms in total. The van der Waals surface area contributed by atoms with Crippen LogP contribution in [0.3, 0.4) is 0 Å². The van der Waals surface area contributed by atoms with Gasteiger partial charge in [0.25, 0.3) is 11.6 Å². The molecule has 1 aliphatic heterocycles. The van der Waals surface area contributed by atoms with Crippen LogP contribution < -0.4 is 0 Å². The van der Waals surface area contributed by atoms with Crippen LogP contribution in [0.1, 0.15) is 16.8 Å². The van der Waals surface area contributed by atoms with Gasteiger partial charge in [0.05, 0.1) is 16.6 Å². The molecule has 1 aliphatic rings. The van der Waals surface area contributed by atoms with Gasteiger partial charge in [-0.1, -0.05) is 15.9 Å². The number of halogens is 2. The summed E-state index contributed by atoms with van der Waals surface area (Å²) in [6.45, 7) is 1.08. The maximum absolute atomic E-state index is 13.6. The van der Waals surface area contributed by atoms with E-state index < -0.39 is 16.6 Å². The summed E-state index contributed by atoms with van der Waals surface area (Å²) in [5.41, 5.74) is -0.481. The van der Waals surface area contributed by atoms with Gasteiger partial charge < -0.3 is 4.90 Å². The van der Waals surface area contributed by atoms with E-state index in [-0.39, 0.29) is 16.1 Å². The third kappa shape index (κ3) is 2.50. The van der Waals surface area contributed by atoms with Gasteiger partial charge in [-0.3, -0.25) is 14.9 Å². The number of non-ortho nitro benzene ring substituents is 1. The number of likely N-dealkylation sites (tertiary alicyclic amines) is 1. The summed E-state index contributed by atoms with van der Waals surface area (Å²) in [7, 11) is 0. The predicted molar refractivity (Wildman–Crippen MR) is 66.3 cm³/mol. The molecule has 7 heteroatoms. The van der Waals surface area contributed by atoms with Crippen molar-refractivity contribution < 1.29 is 14.1 Å². The van der Waals surface area contributed by atoms with Gasteiger partial charge in [-0.2, -0.15) is 0 Å². The smallest absolute Gasteiger partial charge is 0.272 e. The lowest BCUT2D eigenvalue weighted by molar-refractivity contribution is -0.385. The van der Waals surface area contributed by atoms with Crippen molar-refractivity contribution in [2.75, 3.05) is 13.1 Å². The number of rotatable bonds is 2. The van der Waals surface area contributed by atoms with Gasteiger partial charge in [0.1, 0.15) is 5.82 Å². The molecule has 0 aromatic heterocycles. The van der Waals surface area contributed by atoms with Crippen LogP contribution in [-0.2, 0) is 0 Å². The zero-order valence-corrected chi connectivity index (χ0v) is 10.9. The summed E-state index contributed by atoms with van der Waals surface area (Å²) in [5, 5.41) is 10.5. The minimum Gasteiger partial charge on any atom is -0.337 e. The second-order valence-corrected chi connectivity index (χ2v) is 5.35. The minimum absolute atomic E-state index is 0.123. The molecule has 1 heterocycles. The lowest BCUT2D eigenvalue weighted by atomic mass is 10.1. The molecular formula is C11H10BrFN2O3. The number of hydrogen-bond donors (Lipinski definition) is 0. The molecule has 1 amide bonds. The average molecular weight is 317 g/mol. The molecule has 1 fully saturated rings. The molecule has 18 heavy (non-hydrogen) atoms. The lowest BCUT2D eigenvalue weighted by Crippen LogP contribution is -2.29. The topological polar surface area (TPSA) is 63.4 Å². The zero-order valence-electron chi connectivity index (χ0n) is 9.31. The number of nitro benzene ring substituents is 1. The second kappa shape index (κ2) is 5.01. The predicted octanol–water partition coefficient (Wildman–Crippen LogP) is 2.34. The Labute approximate surface area is 111 Å². The van der Waals surface area contributed by atoms with E-state index in [9.17, 15) is 19.3 Å². The first kappa shape index (κ1) is 12.9. The average Bonchev–Trinajstić information content (AvgIpc) is 2.74. The number of benzene rings is 1. The van der Waals surface area contributed by atoms with E-state index >= 15 is 0 Å². The Hall–Kier alpha value is -1.50. The van der Waals surface area contributed by atoms with Crippen molar-refractivity contribution in [3.63, 3.8) is 0 Å². The zero-order chi connectivity index (χ0) is 13.3. The molecule has 1 unspecified atom stereocenters. The van der Waals surface area contributed by atoms with E-state index in [1.54, 1.807) is 0 Å². The summed E-state index contributed by atoms with van der Waals surface area (Å²) in [6.07, 6.45) is 0.820. The first-order valence-corrected chi connectivity index (χ1v) is 6.28. The SMILES string of the molecule is O=C(c1ccc([N+](=O)[O-])cc1F)N1CCC(Br)C1. The summed E-state index contributed by atoms with van der Waals surface area (Å²) < 4.78 is 13.6. The lowest BCUT2D eigenvalue weighted by Gasteiger charge is -2.15. The quantitative estimate of drug-likeness (QED) is 0.478. The van der Waals surface area contributed by atoms with Crippen molar-refractivity contribution in [3.05, 3.63) is 39.7 Å². The highest BCUT2D eigenvalue weighted by Crippen LogP contribution is 2.22. The van der Waals surface area contributed by atoms with Gasteiger partial charge >= 0.3 is 0 Å². The number of carbonyl (C=O) groups excluding carboxylic acids is 1. The Kier molecular flexibility index (Phi) is 3.60. The van der Waals surface area contributed by atoms with Crippen molar-refractivity contribution in [1.29, 1.82) is 0 Å². The highest BCUT2D eigenvalue weighted by molar-refractivity contribution is 9.09. The van der Waals surface area contributed by atoms with E-state index in [0.717, 1.165) is 24.6 Å². The number of nitro groups is 1. The summed E-state index contributed by atoms with van der Waals surface area (Å²) in [6, 6.07) is 3.07. The molecule has 0 spiro atoms. The van der Waals surface area contributed by atoms with Crippen molar-refractivity contribution in [3.8, 4) is 0 Å². The highest BCUT2D eigenvalue weighted by Gasteiger charge is 2.27. The Bertz CT molecular complexity index is 509. The number of nitrogens with zero attached hydrogens (tertiary/aromatic N) is 2. The molecule has 96 valence electrons. The number of alkyl halides is 1. The van der Waals surface area contributed by atoms with E-state index in [2.05, 4.69) is 15.9 Å². The van der Waals surface area contributed by atoms with Crippen LogP contribution in [-0.4, -0.2) is 33.6 Å². The highest BCUT2D eigenvalue weighted by atomic mass is 79.9. The van der Waals surface area contributed by atoms with Crippen LogP contribution >= 0.6 is 15.9 Å². The maximum atomic E-state index is 13.6. The van der Waals surface area contributed by atoms with Gasteiger partial charge in [-0.05, 0) is 12.5 Å². The van der Waals surface area contributed by atoms with Crippen molar-refractivity contribution in [1.82, 2.24) is 4.90 Å². The van der Waals surface area contributed by atoms with Crippen molar-refractivity contribution >= 4 is 27.5 Å². The Morgan fingerprint density at radius 1 is 1.56 bits per heavy atom. The Morgan fingerprint density at radius 2 is 2.28 bits per heavy atom. The molecule has 1 saturated heterocycles. The van der Waals surface area contributed by atoms with Crippen LogP contribution in [0, 0.1) is 15.9 Å². The number of amides is 1. The number of carbonyl (C=O) groups is 1. The third-order valence-corrected chi connectivity index (χ3v) is 3.56. The monoisotopic (exact) mass is 316 g/mol. The van der Waals surface area contributed by atoms with E-state index in [1.807, 2.05) is 0 Å². The van der Waals surface area contributed by atoms with Crippen molar-refractivity contribution in [2.24, 2.45) is 0 Å². The molecule has 0 saturated carbocycles.